The lowest BCUT2D eigenvalue weighted by Gasteiger charge is -2.34. The molecule has 6 nitrogen and oxygen atoms in total. The van der Waals surface area contributed by atoms with Crippen LogP contribution in [-0.4, -0.2) is 51.7 Å². The minimum absolute atomic E-state index is 0.148. The zero-order valence-corrected chi connectivity index (χ0v) is 18.9. The van der Waals surface area contributed by atoms with Gasteiger partial charge in [0, 0.05) is 43.0 Å². The van der Waals surface area contributed by atoms with Crippen LogP contribution in [0.15, 0.2) is 71.5 Å². The van der Waals surface area contributed by atoms with Crippen molar-refractivity contribution in [2.24, 2.45) is 0 Å². The van der Waals surface area contributed by atoms with E-state index >= 15 is 0 Å². The summed E-state index contributed by atoms with van der Waals surface area (Å²) < 4.78 is 2.12. The lowest BCUT2D eigenvalue weighted by molar-refractivity contribution is 0.0624. The number of piperazine rings is 1. The summed E-state index contributed by atoms with van der Waals surface area (Å²) in [5.41, 5.74) is 0.710. The van der Waals surface area contributed by atoms with Gasteiger partial charge in [-0.2, -0.15) is 9.78 Å². The summed E-state index contributed by atoms with van der Waals surface area (Å²) in [6, 6.07) is 20.3. The molecule has 162 valence electrons. The number of benzene rings is 2. The monoisotopic (exact) mass is 464 g/mol. The Balaban J connectivity index is 1.42. The Morgan fingerprint density at radius 3 is 2.28 bits per heavy atom. The van der Waals surface area contributed by atoms with Gasteiger partial charge in [0.05, 0.1) is 15.4 Å². The average Bonchev–Trinajstić information content (AvgIpc) is 3.24. The van der Waals surface area contributed by atoms with E-state index in [1.165, 1.54) is 9.56 Å². The average molecular weight is 465 g/mol. The standard InChI is InChI=1S/C24H21ClN4O2S/c25-21-11-10-18(32-21)16-27-12-14-28(15-13-27)24(31)22-19-8-4-5-9-20(19)23(30)29(26-22)17-6-2-1-3-7-17/h1-11H,12-16H2. The van der Waals surface area contributed by atoms with E-state index in [1.54, 1.807) is 23.5 Å². The lowest BCUT2D eigenvalue weighted by Crippen LogP contribution is -2.48. The van der Waals surface area contributed by atoms with Gasteiger partial charge in [0.25, 0.3) is 11.5 Å². The highest BCUT2D eigenvalue weighted by molar-refractivity contribution is 7.16. The molecule has 2 aromatic heterocycles. The maximum absolute atomic E-state index is 13.5. The predicted molar refractivity (Wildman–Crippen MR) is 128 cm³/mol. The molecule has 0 bridgehead atoms. The van der Waals surface area contributed by atoms with E-state index in [2.05, 4.69) is 10.00 Å². The van der Waals surface area contributed by atoms with Crippen molar-refractivity contribution < 1.29 is 4.79 Å². The van der Waals surface area contributed by atoms with E-state index < -0.39 is 0 Å². The van der Waals surface area contributed by atoms with Crippen LogP contribution in [0.1, 0.15) is 15.4 Å². The van der Waals surface area contributed by atoms with Crippen molar-refractivity contribution in [2.75, 3.05) is 26.2 Å². The first-order valence-corrected chi connectivity index (χ1v) is 11.6. The number of halogens is 1. The highest BCUT2D eigenvalue weighted by Crippen LogP contribution is 2.23. The van der Waals surface area contributed by atoms with E-state index in [-0.39, 0.29) is 11.5 Å². The van der Waals surface area contributed by atoms with Gasteiger partial charge < -0.3 is 4.90 Å². The molecule has 1 amide bonds. The van der Waals surface area contributed by atoms with Crippen LogP contribution in [0.2, 0.25) is 4.34 Å². The molecule has 5 rings (SSSR count). The van der Waals surface area contributed by atoms with Gasteiger partial charge in [-0.15, -0.1) is 11.3 Å². The minimum atomic E-state index is -0.234. The molecular formula is C24H21ClN4O2S. The fraction of sp³-hybridized carbons (Fsp3) is 0.208. The number of para-hydroxylation sites is 1. The van der Waals surface area contributed by atoms with Crippen LogP contribution >= 0.6 is 22.9 Å². The van der Waals surface area contributed by atoms with Crippen molar-refractivity contribution in [1.29, 1.82) is 0 Å². The van der Waals surface area contributed by atoms with E-state index in [9.17, 15) is 9.59 Å². The molecule has 0 aliphatic carbocycles. The molecule has 1 aliphatic rings. The summed E-state index contributed by atoms with van der Waals surface area (Å²) >= 11 is 7.63. The SMILES string of the molecule is O=C(c1nn(-c2ccccc2)c(=O)c2ccccc12)N1CCN(Cc2ccc(Cl)s2)CC1. The first kappa shape index (κ1) is 20.9. The van der Waals surface area contributed by atoms with Gasteiger partial charge in [-0.1, -0.05) is 48.0 Å². The molecule has 0 unspecified atom stereocenters. The number of carbonyl (C=O) groups excluding carboxylic acids is 1. The molecule has 1 aliphatic heterocycles. The number of rotatable bonds is 4. The van der Waals surface area contributed by atoms with Gasteiger partial charge in [0.15, 0.2) is 5.69 Å². The van der Waals surface area contributed by atoms with Gasteiger partial charge in [-0.05, 0) is 30.3 Å². The van der Waals surface area contributed by atoms with Crippen LogP contribution in [-0.2, 0) is 6.54 Å². The van der Waals surface area contributed by atoms with E-state index in [4.69, 9.17) is 11.6 Å². The first-order chi connectivity index (χ1) is 15.6. The van der Waals surface area contributed by atoms with Crippen LogP contribution in [0, 0.1) is 0 Å². The predicted octanol–water partition coefficient (Wildman–Crippen LogP) is 4.06. The largest absolute Gasteiger partial charge is 0.335 e. The molecule has 0 saturated carbocycles. The number of fused-ring (bicyclic) bond motifs is 1. The molecule has 4 aromatic rings. The summed E-state index contributed by atoms with van der Waals surface area (Å²) in [5.74, 6) is -0.148. The molecule has 3 heterocycles. The van der Waals surface area contributed by atoms with Gasteiger partial charge in [-0.3, -0.25) is 14.5 Å². The molecule has 0 radical (unpaired) electrons. The maximum atomic E-state index is 13.5. The summed E-state index contributed by atoms with van der Waals surface area (Å²) in [6.45, 7) is 3.60. The number of hydrogen-bond acceptors (Lipinski definition) is 5. The van der Waals surface area contributed by atoms with Gasteiger partial charge in [0.1, 0.15) is 0 Å². The van der Waals surface area contributed by atoms with Crippen LogP contribution in [0.4, 0.5) is 0 Å². The molecule has 0 N–H and O–H groups in total. The van der Waals surface area contributed by atoms with Crippen molar-refractivity contribution in [3.05, 3.63) is 92.0 Å². The molecule has 1 fully saturated rings. The third-order valence-electron chi connectivity index (χ3n) is 5.68. The molecule has 0 spiro atoms. The van der Waals surface area contributed by atoms with Crippen molar-refractivity contribution in [3.63, 3.8) is 0 Å². The second-order valence-electron chi connectivity index (χ2n) is 7.72. The van der Waals surface area contributed by atoms with E-state index in [0.717, 1.165) is 24.0 Å². The van der Waals surface area contributed by atoms with Crippen molar-refractivity contribution >= 4 is 39.6 Å². The number of nitrogens with zero attached hydrogens (tertiary/aromatic N) is 4. The number of thiophene rings is 1. The fourth-order valence-corrected chi connectivity index (χ4v) is 5.14. The highest BCUT2D eigenvalue weighted by Gasteiger charge is 2.26. The van der Waals surface area contributed by atoms with Crippen LogP contribution in [0.25, 0.3) is 16.5 Å². The second kappa shape index (κ2) is 8.86. The van der Waals surface area contributed by atoms with Crippen molar-refractivity contribution in [2.45, 2.75) is 6.54 Å². The maximum Gasteiger partial charge on any atom is 0.279 e. The Morgan fingerprint density at radius 2 is 1.59 bits per heavy atom. The van der Waals surface area contributed by atoms with Crippen molar-refractivity contribution in [3.8, 4) is 5.69 Å². The number of hydrogen-bond donors (Lipinski definition) is 0. The van der Waals surface area contributed by atoms with Crippen LogP contribution in [0.5, 0.6) is 0 Å². The fourth-order valence-electron chi connectivity index (χ4n) is 4.01. The molecule has 32 heavy (non-hydrogen) atoms. The summed E-state index contributed by atoms with van der Waals surface area (Å²) in [6.07, 6.45) is 0. The van der Waals surface area contributed by atoms with Crippen molar-refractivity contribution in [1.82, 2.24) is 19.6 Å². The topological polar surface area (TPSA) is 58.4 Å². The Bertz CT molecular complexity index is 1330. The van der Waals surface area contributed by atoms with E-state index in [1.807, 2.05) is 59.5 Å². The van der Waals surface area contributed by atoms with E-state index in [0.29, 0.717) is 35.2 Å². The third kappa shape index (κ3) is 4.07. The second-order valence-corrected chi connectivity index (χ2v) is 9.52. The zero-order chi connectivity index (χ0) is 22.1. The Labute approximate surface area is 194 Å². The smallest absolute Gasteiger partial charge is 0.279 e. The van der Waals surface area contributed by atoms with Gasteiger partial charge in [-0.25, -0.2) is 0 Å². The zero-order valence-electron chi connectivity index (χ0n) is 17.3. The van der Waals surface area contributed by atoms with Crippen LogP contribution < -0.4 is 5.56 Å². The minimum Gasteiger partial charge on any atom is -0.335 e. The Hall–Kier alpha value is -3.00. The molecular weight excluding hydrogens is 444 g/mol. The van der Waals surface area contributed by atoms with Crippen LogP contribution in [0.3, 0.4) is 0 Å². The Kier molecular flexibility index (Phi) is 5.78. The van der Waals surface area contributed by atoms with Gasteiger partial charge >= 0.3 is 0 Å². The highest BCUT2D eigenvalue weighted by atomic mass is 35.5. The number of carbonyl (C=O) groups is 1. The normalized spacial score (nSPS) is 14.7. The lowest BCUT2D eigenvalue weighted by atomic mass is 10.1. The first-order valence-electron chi connectivity index (χ1n) is 10.4. The van der Waals surface area contributed by atoms with Gasteiger partial charge in [0.2, 0.25) is 0 Å². The summed E-state index contributed by atoms with van der Waals surface area (Å²) in [4.78, 5) is 31.9. The molecule has 8 heteroatoms. The summed E-state index contributed by atoms with van der Waals surface area (Å²) in [5, 5.41) is 5.60. The Morgan fingerprint density at radius 1 is 0.906 bits per heavy atom. The molecule has 0 atom stereocenters. The third-order valence-corrected chi connectivity index (χ3v) is 6.89. The number of amides is 1. The quantitative estimate of drug-likeness (QED) is 0.457. The molecule has 1 saturated heterocycles. The summed E-state index contributed by atoms with van der Waals surface area (Å²) in [7, 11) is 0. The number of aromatic nitrogens is 2. The molecule has 2 aromatic carbocycles.